The van der Waals surface area contributed by atoms with Crippen LogP contribution in [0.5, 0.6) is 0 Å². The van der Waals surface area contributed by atoms with Crippen LogP contribution in [0.25, 0.3) is 10.9 Å². The zero-order valence-corrected chi connectivity index (χ0v) is 14.9. The molecule has 1 aromatic heterocycles. The fraction of sp³-hybridized carbons (Fsp3) is 0.263. The Labute approximate surface area is 147 Å². The molecule has 1 heterocycles. The van der Waals surface area contributed by atoms with Crippen LogP contribution in [0.2, 0.25) is 0 Å². The van der Waals surface area contributed by atoms with Crippen molar-refractivity contribution in [2.24, 2.45) is 17.8 Å². The first-order valence-electron chi connectivity index (χ1n) is 7.97. The van der Waals surface area contributed by atoms with E-state index in [4.69, 9.17) is 5.73 Å². The first-order valence-corrected chi connectivity index (χ1v) is 7.97. The molecule has 0 aliphatic rings. The van der Waals surface area contributed by atoms with Gasteiger partial charge in [-0.15, -0.1) is 5.92 Å². The summed E-state index contributed by atoms with van der Waals surface area (Å²) in [4.78, 5) is 4.11. The molecule has 0 aliphatic heterocycles. The molecule has 0 fully saturated rings. The van der Waals surface area contributed by atoms with E-state index in [1.165, 1.54) is 13.0 Å². The van der Waals surface area contributed by atoms with Crippen LogP contribution >= 0.6 is 0 Å². The van der Waals surface area contributed by atoms with Crippen LogP contribution in [0.3, 0.4) is 0 Å². The van der Waals surface area contributed by atoms with Gasteiger partial charge in [0.2, 0.25) is 0 Å². The molecule has 2 aromatic rings. The molecule has 0 spiro atoms. The predicted molar refractivity (Wildman–Crippen MR) is 102 cm³/mol. The molecule has 0 amide bonds. The van der Waals surface area contributed by atoms with Gasteiger partial charge in [-0.3, -0.25) is 4.68 Å². The topological polar surface area (TPSA) is 68.2 Å². The molecule has 130 valence electrons. The number of fused-ring (bicyclic) bond motifs is 1. The summed E-state index contributed by atoms with van der Waals surface area (Å²) in [5.41, 5.74) is 8.73. The van der Waals surface area contributed by atoms with Gasteiger partial charge in [0.1, 0.15) is 5.82 Å². The molecule has 25 heavy (non-hydrogen) atoms. The fourth-order valence-corrected chi connectivity index (χ4v) is 2.55. The third-order valence-electron chi connectivity index (χ3n) is 3.59. The van der Waals surface area contributed by atoms with Crippen molar-refractivity contribution >= 4 is 22.9 Å². The lowest BCUT2D eigenvalue weighted by molar-refractivity contribution is 0.640. The number of anilines is 1. The summed E-state index contributed by atoms with van der Waals surface area (Å²) in [7, 11) is 1.92. The number of aliphatic imine (C=N–C) groups is 1. The number of aryl methyl sites for hydroxylation is 2. The van der Waals surface area contributed by atoms with Gasteiger partial charge in [-0.25, -0.2) is 9.38 Å². The number of benzene rings is 1. The molecule has 0 radical (unpaired) electrons. The second-order valence-corrected chi connectivity index (χ2v) is 5.43. The molecule has 2 rings (SSSR count). The maximum atomic E-state index is 13.4. The Hall–Kier alpha value is -3.07. The summed E-state index contributed by atoms with van der Waals surface area (Å²) >= 11 is 0. The maximum Gasteiger partial charge on any atom is 0.147 e. The third kappa shape index (κ3) is 4.27. The molecule has 0 saturated carbocycles. The van der Waals surface area contributed by atoms with Crippen LogP contribution in [0.15, 0.2) is 46.5 Å². The molecule has 0 aliphatic carbocycles. The molecule has 5 nitrogen and oxygen atoms in total. The molecular weight excluding hydrogens is 317 g/mol. The molecular formula is C19H22FN5. The lowest BCUT2D eigenvalue weighted by Crippen LogP contribution is -2.03. The Morgan fingerprint density at radius 1 is 1.48 bits per heavy atom. The molecule has 0 atom stereocenters. The van der Waals surface area contributed by atoms with Crippen molar-refractivity contribution in [1.82, 2.24) is 9.78 Å². The van der Waals surface area contributed by atoms with E-state index in [2.05, 4.69) is 34.2 Å². The Bertz CT molecular complexity index is 918. The zero-order valence-electron chi connectivity index (χ0n) is 14.9. The SMILES string of the molecule is CC#CC(/C=C(\C)F)=C(/N=C/N)Nc1ccc2c(c1)c(CC)nn2C. The first kappa shape index (κ1) is 18.3. The number of halogens is 1. The summed E-state index contributed by atoms with van der Waals surface area (Å²) in [6.07, 6.45) is 3.31. The van der Waals surface area contributed by atoms with Crippen molar-refractivity contribution in [2.45, 2.75) is 27.2 Å². The quantitative estimate of drug-likeness (QED) is 0.378. The molecule has 0 saturated heterocycles. The lowest BCUT2D eigenvalue weighted by atomic mass is 10.1. The Morgan fingerprint density at radius 2 is 2.24 bits per heavy atom. The van der Waals surface area contributed by atoms with E-state index in [1.807, 2.05) is 29.9 Å². The molecule has 0 bridgehead atoms. The summed E-state index contributed by atoms with van der Waals surface area (Å²) in [6, 6.07) is 5.89. The van der Waals surface area contributed by atoms with Gasteiger partial charge in [-0.1, -0.05) is 12.8 Å². The van der Waals surface area contributed by atoms with Gasteiger partial charge in [-0.05, 0) is 44.5 Å². The van der Waals surface area contributed by atoms with Crippen molar-refractivity contribution in [2.75, 3.05) is 5.32 Å². The molecule has 6 heteroatoms. The van der Waals surface area contributed by atoms with Crippen LogP contribution in [-0.4, -0.2) is 16.1 Å². The van der Waals surface area contributed by atoms with Gasteiger partial charge in [0, 0.05) is 18.1 Å². The maximum absolute atomic E-state index is 13.4. The normalized spacial score (nSPS) is 12.9. The lowest BCUT2D eigenvalue weighted by Gasteiger charge is -2.09. The van der Waals surface area contributed by atoms with E-state index in [-0.39, 0.29) is 5.83 Å². The third-order valence-corrected chi connectivity index (χ3v) is 3.59. The van der Waals surface area contributed by atoms with Crippen molar-refractivity contribution in [3.05, 3.63) is 47.2 Å². The van der Waals surface area contributed by atoms with Crippen LogP contribution in [0.1, 0.15) is 26.5 Å². The highest BCUT2D eigenvalue weighted by Crippen LogP contribution is 2.24. The number of hydrogen-bond donors (Lipinski definition) is 2. The van der Waals surface area contributed by atoms with Gasteiger partial charge in [-0.2, -0.15) is 5.10 Å². The summed E-state index contributed by atoms with van der Waals surface area (Å²) in [5.74, 6) is 5.63. The van der Waals surface area contributed by atoms with E-state index in [0.717, 1.165) is 35.0 Å². The number of rotatable bonds is 5. The molecule has 3 N–H and O–H groups in total. The van der Waals surface area contributed by atoms with Crippen molar-refractivity contribution < 1.29 is 4.39 Å². The average molecular weight is 339 g/mol. The number of allylic oxidation sites excluding steroid dienone is 3. The van der Waals surface area contributed by atoms with Crippen LogP contribution in [-0.2, 0) is 13.5 Å². The van der Waals surface area contributed by atoms with E-state index in [1.54, 1.807) is 6.92 Å². The van der Waals surface area contributed by atoms with Gasteiger partial charge in [0.25, 0.3) is 0 Å². The molecule has 0 unspecified atom stereocenters. The highest BCUT2D eigenvalue weighted by molar-refractivity contribution is 5.86. The van der Waals surface area contributed by atoms with E-state index < -0.39 is 0 Å². The monoisotopic (exact) mass is 339 g/mol. The van der Waals surface area contributed by atoms with E-state index >= 15 is 0 Å². The highest BCUT2D eigenvalue weighted by Gasteiger charge is 2.09. The number of aromatic nitrogens is 2. The fourth-order valence-electron chi connectivity index (χ4n) is 2.55. The van der Waals surface area contributed by atoms with Crippen LogP contribution in [0.4, 0.5) is 10.1 Å². The van der Waals surface area contributed by atoms with Crippen LogP contribution < -0.4 is 11.1 Å². The minimum atomic E-state index is -0.361. The number of nitrogens with two attached hydrogens (primary N) is 1. The Morgan fingerprint density at radius 3 is 2.84 bits per heavy atom. The van der Waals surface area contributed by atoms with Crippen LogP contribution in [0, 0.1) is 11.8 Å². The Balaban J connectivity index is 2.54. The summed E-state index contributed by atoms with van der Waals surface area (Å²) in [6.45, 7) is 5.10. The van der Waals surface area contributed by atoms with Gasteiger partial charge in [0.15, 0.2) is 0 Å². The number of nitrogens with one attached hydrogen (secondary N) is 1. The number of hydrogen-bond acceptors (Lipinski definition) is 3. The standard InChI is InChI=1S/C19H22FN5/c1-5-7-14(10-13(3)20)19(22-12-21)23-15-8-9-18-16(11-15)17(6-2)24-25(18)4/h8-12,23H,6H2,1-4H3,(H2,21,22)/b13-10+,19-14+. The van der Waals surface area contributed by atoms with E-state index in [0.29, 0.717) is 11.4 Å². The second kappa shape index (κ2) is 8.15. The van der Waals surface area contributed by atoms with Gasteiger partial charge >= 0.3 is 0 Å². The summed E-state index contributed by atoms with van der Waals surface area (Å²) in [5, 5.41) is 8.75. The van der Waals surface area contributed by atoms with Crippen molar-refractivity contribution in [3.8, 4) is 11.8 Å². The predicted octanol–water partition coefficient (Wildman–Crippen LogP) is 3.64. The van der Waals surface area contributed by atoms with Gasteiger partial charge in [0.05, 0.1) is 28.9 Å². The van der Waals surface area contributed by atoms with Crippen molar-refractivity contribution in [1.29, 1.82) is 0 Å². The van der Waals surface area contributed by atoms with Crippen molar-refractivity contribution in [3.63, 3.8) is 0 Å². The minimum Gasteiger partial charge on any atom is -0.390 e. The zero-order chi connectivity index (χ0) is 18.4. The average Bonchev–Trinajstić information content (AvgIpc) is 2.89. The largest absolute Gasteiger partial charge is 0.390 e. The van der Waals surface area contributed by atoms with E-state index in [9.17, 15) is 4.39 Å². The van der Waals surface area contributed by atoms with Gasteiger partial charge < -0.3 is 11.1 Å². The Kier molecular flexibility index (Phi) is 5.96. The number of nitrogens with zero attached hydrogens (tertiary/aromatic N) is 3. The minimum absolute atomic E-state index is 0.361. The second-order valence-electron chi connectivity index (χ2n) is 5.43. The highest BCUT2D eigenvalue weighted by atomic mass is 19.1. The smallest absolute Gasteiger partial charge is 0.147 e. The molecule has 1 aromatic carbocycles. The summed E-state index contributed by atoms with van der Waals surface area (Å²) < 4.78 is 15.2. The first-order chi connectivity index (χ1) is 12.0.